The van der Waals surface area contributed by atoms with Crippen LogP contribution in [0.3, 0.4) is 0 Å². The molecule has 2 saturated heterocycles. The monoisotopic (exact) mass is 332 g/mol. The van der Waals surface area contributed by atoms with Gasteiger partial charge in [0.05, 0.1) is 13.0 Å². The summed E-state index contributed by atoms with van der Waals surface area (Å²) >= 11 is 0. The van der Waals surface area contributed by atoms with Gasteiger partial charge in [0.25, 0.3) is 0 Å². The van der Waals surface area contributed by atoms with Crippen molar-refractivity contribution in [2.75, 3.05) is 39.4 Å². The van der Waals surface area contributed by atoms with Crippen LogP contribution < -0.4 is 5.73 Å². The molecule has 2 fully saturated rings. The number of aromatic nitrogens is 1. The molecule has 0 saturated carbocycles. The van der Waals surface area contributed by atoms with E-state index in [0.29, 0.717) is 52.2 Å². The molecule has 7 heteroatoms. The van der Waals surface area contributed by atoms with Crippen molar-refractivity contribution >= 4 is 11.8 Å². The van der Waals surface area contributed by atoms with Crippen molar-refractivity contribution in [2.24, 2.45) is 5.73 Å². The van der Waals surface area contributed by atoms with Crippen LogP contribution in [0.5, 0.6) is 0 Å². The Hall–Kier alpha value is -1.99. The van der Waals surface area contributed by atoms with Crippen molar-refractivity contribution in [3.05, 3.63) is 29.6 Å². The summed E-state index contributed by atoms with van der Waals surface area (Å²) in [6.07, 6.45) is 2.73. The van der Waals surface area contributed by atoms with Crippen LogP contribution in [0, 0.1) is 6.92 Å². The Morgan fingerprint density at radius 2 is 2.08 bits per heavy atom. The molecule has 3 heterocycles. The first-order chi connectivity index (χ1) is 11.5. The molecule has 3 rings (SSSR count). The lowest BCUT2D eigenvalue weighted by molar-refractivity contribution is -0.137. The van der Waals surface area contributed by atoms with Crippen LogP contribution in [0.1, 0.15) is 17.7 Å². The molecule has 2 aliphatic heterocycles. The van der Waals surface area contributed by atoms with Gasteiger partial charge >= 0.3 is 0 Å². The smallest absolute Gasteiger partial charge is 0.240 e. The number of pyridine rings is 1. The summed E-state index contributed by atoms with van der Waals surface area (Å²) in [4.78, 5) is 32.6. The second kappa shape index (κ2) is 6.86. The minimum atomic E-state index is -0.699. The van der Waals surface area contributed by atoms with Crippen molar-refractivity contribution in [2.45, 2.75) is 25.3 Å². The second-order valence-electron chi connectivity index (χ2n) is 6.49. The lowest BCUT2D eigenvalue weighted by atomic mass is 9.94. The van der Waals surface area contributed by atoms with Crippen LogP contribution >= 0.6 is 0 Å². The van der Waals surface area contributed by atoms with E-state index in [1.54, 1.807) is 6.20 Å². The predicted octanol–water partition coefficient (Wildman–Crippen LogP) is -0.279. The lowest BCUT2D eigenvalue weighted by Gasteiger charge is -2.43. The molecule has 2 aliphatic rings. The number of aryl methyl sites for hydroxylation is 1. The maximum absolute atomic E-state index is 12.5. The van der Waals surface area contributed by atoms with E-state index in [9.17, 15) is 9.59 Å². The van der Waals surface area contributed by atoms with E-state index in [4.69, 9.17) is 10.5 Å². The first-order valence-corrected chi connectivity index (χ1v) is 8.34. The lowest BCUT2D eigenvalue weighted by Crippen LogP contribution is -2.63. The number of nitrogens with zero attached hydrogens (tertiary/aromatic N) is 3. The van der Waals surface area contributed by atoms with Gasteiger partial charge in [-0.05, 0) is 18.6 Å². The zero-order chi connectivity index (χ0) is 17.2. The van der Waals surface area contributed by atoms with Gasteiger partial charge in [-0.25, -0.2) is 0 Å². The molecule has 0 radical (unpaired) electrons. The number of rotatable bonds is 4. The molecule has 0 bridgehead atoms. The first kappa shape index (κ1) is 16.9. The topological polar surface area (TPSA) is 88.8 Å². The molecular formula is C17H24N4O3. The number of hydrogen-bond donors (Lipinski definition) is 1. The van der Waals surface area contributed by atoms with E-state index in [1.165, 1.54) is 0 Å². The minimum absolute atomic E-state index is 0.0987. The van der Waals surface area contributed by atoms with Crippen molar-refractivity contribution < 1.29 is 14.3 Å². The fourth-order valence-electron chi connectivity index (χ4n) is 3.52. The number of piperazine rings is 1. The molecule has 0 spiro atoms. The van der Waals surface area contributed by atoms with E-state index in [1.807, 2.05) is 24.0 Å². The number of primary amides is 1. The summed E-state index contributed by atoms with van der Waals surface area (Å²) in [5.74, 6) is -0.229. The average Bonchev–Trinajstić information content (AvgIpc) is 3.08. The quantitative estimate of drug-likeness (QED) is 0.819. The summed E-state index contributed by atoms with van der Waals surface area (Å²) in [5.41, 5.74) is 6.78. The highest BCUT2D eigenvalue weighted by Crippen LogP contribution is 2.27. The van der Waals surface area contributed by atoms with Gasteiger partial charge in [0.15, 0.2) is 0 Å². The standard InChI is InChI=1S/C17H24N4O3/c1-13-14(3-2-5-19-13)11-15(22)20-6-8-21(9-7-20)17(16(18)23)4-10-24-12-17/h2-3,5H,4,6-12H2,1H3,(H2,18,23). The number of amides is 2. The van der Waals surface area contributed by atoms with E-state index in [-0.39, 0.29) is 11.8 Å². The number of hydrogen-bond acceptors (Lipinski definition) is 5. The number of carbonyl (C=O) groups excluding carboxylic acids is 2. The van der Waals surface area contributed by atoms with Crippen molar-refractivity contribution in [1.29, 1.82) is 0 Å². The molecule has 24 heavy (non-hydrogen) atoms. The second-order valence-corrected chi connectivity index (χ2v) is 6.49. The predicted molar refractivity (Wildman–Crippen MR) is 88.2 cm³/mol. The van der Waals surface area contributed by atoms with E-state index >= 15 is 0 Å². The first-order valence-electron chi connectivity index (χ1n) is 8.34. The van der Waals surface area contributed by atoms with Crippen LogP contribution in [-0.2, 0) is 20.7 Å². The summed E-state index contributed by atoms with van der Waals surface area (Å²) in [7, 11) is 0. The zero-order valence-electron chi connectivity index (χ0n) is 14.0. The molecule has 2 N–H and O–H groups in total. The molecular weight excluding hydrogens is 308 g/mol. The van der Waals surface area contributed by atoms with Gasteiger partial charge in [0.2, 0.25) is 11.8 Å². The highest BCUT2D eigenvalue weighted by Gasteiger charge is 2.47. The normalized spacial score (nSPS) is 25.0. The molecule has 0 aliphatic carbocycles. The Morgan fingerprint density at radius 3 is 2.67 bits per heavy atom. The Bertz CT molecular complexity index is 620. The largest absolute Gasteiger partial charge is 0.379 e. The van der Waals surface area contributed by atoms with Gasteiger partial charge in [-0.15, -0.1) is 0 Å². The van der Waals surface area contributed by atoms with Crippen LogP contribution in [0.15, 0.2) is 18.3 Å². The van der Waals surface area contributed by atoms with Crippen molar-refractivity contribution in [1.82, 2.24) is 14.8 Å². The Kier molecular flexibility index (Phi) is 4.82. The summed E-state index contributed by atoms with van der Waals surface area (Å²) in [6.45, 7) is 5.32. The van der Waals surface area contributed by atoms with E-state index in [2.05, 4.69) is 9.88 Å². The molecule has 1 atom stereocenters. The van der Waals surface area contributed by atoms with Gasteiger partial charge in [0.1, 0.15) is 5.54 Å². The van der Waals surface area contributed by atoms with Gasteiger partial charge in [-0.1, -0.05) is 6.07 Å². The van der Waals surface area contributed by atoms with Gasteiger partial charge < -0.3 is 15.4 Å². The molecule has 2 amide bonds. The Labute approximate surface area is 141 Å². The Morgan fingerprint density at radius 1 is 1.33 bits per heavy atom. The van der Waals surface area contributed by atoms with Crippen molar-refractivity contribution in [3.8, 4) is 0 Å². The summed E-state index contributed by atoms with van der Waals surface area (Å²) in [5, 5.41) is 0. The SMILES string of the molecule is Cc1ncccc1CC(=O)N1CCN(C2(C(N)=O)CCOC2)CC1. The molecule has 0 aromatic carbocycles. The van der Waals surface area contributed by atoms with Crippen LogP contribution in [0.25, 0.3) is 0 Å². The molecule has 130 valence electrons. The highest BCUT2D eigenvalue weighted by atomic mass is 16.5. The molecule has 1 unspecified atom stereocenters. The third kappa shape index (κ3) is 3.14. The maximum atomic E-state index is 12.5. The summed E-state index contributed by atoms with van der Waals surface area (Å²) < 4.78 is 5.41. The third-order valence-corrected chi connectivity index (χ3v) is 5.16. The number of carbonyl (C=O) groups is 2. The Balaban J connectivity index is 1.60. The fraction of sp³-hybridized carbons (Fsp3) is 0.588. The molecule has 1 aromatic rings. The maximum Gasteiger partial charge on any atom is 0.240 e. The molecule has 7 nitrogen and oxygen atoms in total. The number of nitrogens with two attached hydrogens (primary N) is 1. The van der Waals surface area contributed by atoms with E-state index < -0.39 is 5.54 Å². The van der Waals surface area contributed by atoms with Crippen LogP contribution in [0.2, 0.25) is 0 Å². The van der Waals surface area contributed by atoms with Crippen molar-refractivity contribution in [3.63, 3.8) is 0 Å². The van der Waals surface area contributed by atoms with Crippen LogP contribution in [-0.4, -0.2) is 71.5 Å². The molecule has 1 aromatic heterocycles. The highest BCUT2D eigenvalue weighted by molar-refractivity contribution is 5.85. The fourth-order valence-corrected chi connectivity index (χ4v) is 3.52. The minimum Gasteiger partial charge on any atom is -0.379 e. The van der Waals surface area contributed by atoms with Gasteiger partial charge in [-0.2, -0.15) is 0 Å². The van der Waals surface area contributed by atoms with Gasteiger partial charge in [0, 0.05) is 51.1 Å². The average molecular weight is 332 g/mol. The zero-order valence-corrected chi connectivity index (χ0v) is 14.0. The van der Waals surface area contributed by atoms with Crippen LogP contribution in [0.4, 0.5) is 0 Å². The summed E-state index contributed by atoms with van der Waals surface area (Å²) in [6, 6.07) is 3.79. The van der Waals surface area contributed by atoms with E-state index in [0.717, 1.165) is 11.3 Å². The number of ether oxygens (including phenoxy) is 1. The van der Waals surface area contributed by atoms with Gasteiger partial charge in [-0.3, -0.25) is 19.5 Å². The third-order valence-electron chi connectivity index (χ3n) is 5.16.